The predicted molar refractivity (Wildman–Crippen MR) is 48.4 cm³/mol. The molecule has 1 aliphatic heterocycles. The van der Waals surface area contributed by atoms with Gasteiger partial charge in [-0.05, 0) is 27.7 Å². The van der Waals surface area contributed by atoms with Crippen LogP contribution in [0.5, 0.6) is 0 Å². The molecule has 0 aromatic heterocycles. The summed E-state index contributed by atoms with van der Waals surface area (Å²) in [5.41, 5.74) is -0.461. The monoisotopic (exact) mass is 187 g/mol. The van der Waals surface area contributed by atoms with Crippen LogP contribution in [-0.4, -0.2) is 40.4 Å². The lowest BCUT2D eigenvalue weighted by molar-refractivity contribution is -0.0640. The molecular formula is C9H17NO3. The fourth-order valence-electron chi connectivity index (χ4n) is 1.15. The highest BCUT2D eigenvalue weighted by atomic mass is 16.6. The number of aliphatic hydroxyl groups excluding tert-OH is 1. The van der Waals surface area contributed by atoms with E-state index in [1.54, 1.807) is 6.92 Å². The second kappa shape index (κ2) is 3.18. The van der Waals surface area contributed by atoms with Crippen molar-refractivity contribution in [2.24, 2.45) is 0 Å². The summed E-state index contributed by atoms with van der Waals surface area (Å²) in [5.74, 6) is 0. The summed E-state index contributed by atoms with van der Waals surface area (Å²) in [4.78, 5) is 12.9. The summed E-state index contributed by atoms with van der Waals surface area (Å²) in [7, 11) is 0. The standard InChI is InChI=1S/C9H17NO3/c1-6-7(11)5-10(6)8(12)13-9(2,3)4/h6-7,11H,5H2,1-4H3/t6-,7+/m1/s1. The van der Waals surface area contributed by atoms with Crippen LogP contribution in [0.3, 0.4) is 0 Å². The summed E-state index contributed by atoms with van der Waals surface area (Å²) in [5, 5.41) is 9.18. The maximum Gasteiger partial charge on any atom is 0.410 e. The first-order valence-electron chi connectivity index (χ1n) is 4.49. The smallest absolute Gasteiger partial charge is 0.410 e. The van der Waals surface area contributed by atoms with Crippen LogP contribution in [-0.2, 0) is 4.74 Å². The van der Waals surface area contributed by atoms with Crippen molar-refractivity contribution in [3.63, 3.8) is 0 Å². The van der Waals surface area contributed by atoms with Crippen molar-refractivity contribution in [3.8, 4) is 0 Å². The van der Waals surface area contributed by atoms with Gasteiger partial charge in [-0.15, -0.1) is 0 Å². The summed E-state index contributed by atoms with van der Waals surface area (Å²) in [6, 6.07) is -0.116. The Labute approximate surface area is 78.5 Å². The van der Waals surface area contributed by atoms with Gasteiger partial charge in [0.25, 0.3) is 0 Å². The van der Waals surface area contributed by atoms with Gasteiger partial charge in [0.1, 0.15) is 5.60 Å². The number of rotatable bonds is 0. The zero-order valence-corrected chi connectivity index (χ0v) is 8.57. The minimum absolute atomic E-state index is 0.116. The lowest BCUT2D eigenvalue weighted by atomic mass is 10.0. The SMILES string of the molecule is C[C@@H]1[C@@H](O)CN1C(=O)OC(C)(C)C. The zero-order chi connectivity index (χ0) is 10.2. The zero-order valence-electron chi connectivity index (χ0n) is 8.57. The van der Waals surface area contributed by atoms with Crippen LogP contribution >= 0.6 is 0 Å². The molecule has 0 aromatic rings. The maximum atomic E-state index is 11.4. The Bertz CT molecular complexity index is 209. The van der Waals surface area contributed by atoms with Crippen molar-refractivity contribution in [1.82, 2.24) is 4.90 Å². The molecule has 4 heteroatoms. The number of β-amino-alcohol motifs (C(OH)–C–C–N with tert-alkyl or cyclic N) is 1. The van der Waals surface area contributed by atoms with Gasteiger partial charge in [0.2, 0.25) is 0 Å². The van der Waals surface area contributed by atoms with Gasteiger partial charge in [-0.2, -0.15) is 0 Å². The molecule has 1 heterocycles. The molecule has 1 aliphatic rings. The normalized spacial score (nSPS) is 28.2. The van der Waals surface area contributed by atoms with Crippen LogP contribution in [0.4, 0.5) is 4.79 Å². The van der Waals surface area contributed by atoms with E-state index < -0.39 is 11.7 Å². The molecular weight excluding hydrogens is 170 g/mol. The van der Waals surface area contributed by atoms with Crippen LogP contribution in [0.2, 0.25) is 0 Å². The lowest BCUT2D eigenvalue weighted by Crippen LogP contribution is -2.61. The summed E-state index contributed by atoms with van der Waals surface area (Å²) in [6.45, 7) is 7.66. The average Bonchev–Trinajstić information content (AvgIpc) is 1.95. The van der Waals surface area contributed by atoms with E-state index in [4.69, 9.17) is 4.74 Å². The van der Waals surface area contributed by atoms with Gasteiger partial charge in [0, 0.05) is 0 Å². The first-order chi connectivity index (χ1) is 5.81. The number of carbonyl (C=O) groups is 1. The van der Waals surface area contributed by atoms with Gasteiger partial charge < -0.3 is 14.7 Å². The molecule has 0 spiro atoms. The summed E-state index contributed by atoms with van der Waals surface area (Å²) >= 11 is 0. The maximum absolute atomic E-state index is 11.4. The third-order valence-corrected chi connectivity index (χ3v) is 2.06. The highest BCUT2D eigenvalue weighted by Gasteiger charge is 2.39. The van der Waals surface area contributed by atoms with Gasteiger partial charge in [0.15, 0.2) is 0 Å². The first-order valence-corrected chi connectivity index (χ1v) is 4.49. The van der Waals surface area contributed by atoms with E-state index in [0.717, 1.165) is 0 Å². The average molecular weight is 187 g/mol. The number of hydrogen-bond donors (Lipinski definition) is 1. The first kappa shape index (κ1) is 10.3. The molecule has 1 amide bonds. The molecule has 0 bridgehead atoms. The van der Waals surface area contributed by atoms with Gasteiger partial charge in [-0.3, -0.25) is 0 Å². The van der Waals surface area contributed by atoms with Crippen molar-refractivity contribution < 1.29 is 14.6 Å². The third-order valence-electron chi connectivity index (χ3n) is 2.06. The Morgan fingerprint density at radius 3 is 2.38 bits per heavy atom. The molecule has 1 saturated heterocycles. The number of amides is 1. The Morgan fingerprint density at radius 2 is 2.08 bits per heavy atom. The Balaban J connectivity index is 2.42. The molecule has 1 N–H and O–H groups in total. The van der Waals surface area contributed by atoms with E-state index in [-0.39, 0.29) is 12.1 Å². The van der Waals surface area contributed by atoms with Gasteiger partial charge >= 0.3 is 6.09 Å². The predicted octanol–water partition coefficient (Wildman–Crippen LogP) is 0.987. The summed E-state index contributed by atoms with van der Waals surface area (Å²) in [6.07, 6.45) is -0.738. The van der Waals surface area contributed by atoms with Crippen LogP contribution in [0.15, 0.2) is 0 Å². The summed E-state index contributed by atoms with van der Waals surface area (Å²) < 4.78 is 5.14. The molecule has 2 atom stereocenters. The molecule has 76 valence electrons. The molecule has 0 saturated carbocycles. The topological polar surface area (TPSA) is 49.8 Å². The van der Waals surface area contributed by atoms with Crippen LogP contribution in [0.1, 0.15) is 27.7 Å². The van der Waals surface area contributed by atoms with Gasteiger partial charge in [0.05, 0.1) is 18.7 Å². The largest absolute Gasteiger partial charge is 0.444 e. The highest BCUT2D eigenvalue weighted by molar-refractivity contribution is 5.69. The minimum Gasteiger partial charge on any atom is -0.444 e. The number of ether oxygens (including phenoxy) is 1. The minimum atomic E-state index is -0.461. The Hall–Kier alpha value is -0.770. The van der Waals surface area contributed by atoms with E-state index in [2.05, 4.69) is 0 Å². The molecule has 4 nitrogen and oxygen atoms in total. The fourth-order valence-corrected chi connectivity index (χ4v) is 1.15. The Kier molecular flexibility index (Phi) is 2.52. The molecule has 0 aliphatic carbocycles. The number of aliphatic hydroxyl groups is 1. The van der Waals surface area contributed by atoms with E-state index in [0.29, 0.717) is 6.54 Å². The molecule has 0 unspecified atom stereocenters. The number of nitrogens with zero attached hydrogens (tertiary/aromatic N) is 1. The molecule has 1 fully saturated rings. The van der Waals surface area contributed by atoms with Crippen molar-refractivity contribution in [3.05, 3.63) is 0 Å². The van der Waals surface area contributed by atoms with E-state index in [1.165, 1.54) is 4.90 Å². The quantitative estimate of drug-likeness (QED) is 0.615. The fraction of sp³-hybridized carbons (Fsp3) is 0.889. The van der Waals surface area contributed by atoms with E-state index in [1.807, 2.05) is 20.8 Å². The Morgan fingerprint density at radius 1 is 1.54 bits per heavy atom. The number of hydrogen-bond acceptors (Lipinski definition) is 3. The van der Waals surface area contributed by atoms with Crippen molar-refractivity contribution >= 4 is 6.09 Å². The second-order valence-corrected chi connectivity index (χ2v) is 4.44. The molecule has 13 heavy (non-hydrogen) atoms. The van der Waals surface area contributed by atoms with Crippen LogP contribution in [0.25, 0.3) is 0 Å². The second-order valence-electron chi connectivity index (χ2n) is 4.44. The van der Waals surface area contributed by atoms with E-state index >= 15 is 0 Å². The van der Waals surface area contributed by atoms with E-state index in [9.17, 15) is 9.90 Å². The van der Waals surface area contributed by atoms with Crippen molar-refractivity contribution in [2.75, 3.05) is 6.54 Å². The highest BCUT2D eigenvalue weighted by Crippen LogP contribution is 2.20. The van der Waals surface area contributed by atoms with Crippen LogP contribution in [0, 0.1) is 0 Å². The number of likely N-dealkylation sites (tertiary alicyclic amines) is 1. The van der Waals surface area contributed by atoms with Gasteiger partial charge in [-0.25, -0.2) is 4.79 Å². The van der Waals surface area contributed by atoms with Crippen molar-refractivity contribution in [2.45, 2.75) is 45.4 Å². The molecule has 0 aromatic carbocycles. The lowest BCUT2D eigenvalue weighted by Gasteiger charge is -2.43. The van der Waals surface area contributed by atoms with Crippen molar-refractivity contribution in [1.29, 1.82) is 0 Å². The van der Waals surface area contributed by atoms with Gasteiger partial charge in [-0.1, -0.05) is 0 Å². The third kappa shape index (κ3) is 2.34. The van der Waals surface area contributed by atoms with Crippen LogP contribution < -0.4 is 0 Å². The number of carbonyl (C=O) groups excluding carboxylic acids is 1. The molecule has 1 rings (SSSR count). The molecule has 0 radical (unpaired) electrons.